The zero-order valence-corrected chi connectivity index (χ0v) is 11.9. The SMILES string of the molecule is COc1ccc(C)cc1-c1ccnc(C2CCNC2)n1. The van der Waals surface area contributed by atoms with Gasteiger partial charge >= 0.3 is 0 Å². The summed E-state index contributed by atoms with van der Waals surface area (Å²) in [4.78, 5) is 9.18. The normalized spacial score (nSPS) is 18.2. The summed E-state index contributed by atoms with van der Waals surface area (Å²) in [6.07, 6.45) is 2.95. The Labute approximate surface area is 119 Å². The summed E-state index contributed by atoms with van der Waals surface area (Å²) in [6.45, 7) is 4.09. The molecule has 20 heavy (non-hydrogen) atoms. The van der Waals surface area contributed by atoms with Crippen molar-refractivity contribution in [2.45, 2.75) is 19.3 Å². The van der Waals surface area contributed by atoms with Gasteiger partial charge in [-0.2, -0.15) is 0 Å². The molecule has 2 heterocycles. The summed E-state index contributed by atoms with van der Waals surface area (Å²) in [5.41, 5.74) is 3.16. The van der Waals surface area contributed by atoms with E-state index in [-0.39, 0.29) is 0 Å². The molecule has 1 aromatic carbocycles. The van der Waals surface area contributed by atoms with Crippen LogP contribution >= 0.6 is 0 Å². The largest absolute Gasteiger partial charge is 0.496 e. The maximum atomic E-state index is 5.45. The van der Waals surface area contributed by atoms with Crippen molar-refractivity contribution in [2.75, 3.05) is 20.2 Å². The van der Waals surface area contributed by atoms with E-state index in [0.29, 0.717) is 5.92 Å². The summed E-state index contributed by atoms with van der Waals surface area (Å²) in [5.74, 6) is 2.20. The number of benzene rings is 1. The first-order valence-corrected chi connectivity index (χ1v) is 6.96. The highest BCUT2D eigenvalue weighted by molar-refractivity contribution is 5.67. The Bertz CT molecular complexity index is 606. The third-order valence-electron chi connectivity index (χ3n) is 3.73. The summed E-state index contributed by atoms with van der Waals surface area (Å²) in [6, 6.07) is 8.09. The molecule has 1 fully saturated rings. The molecule has 0 spiro atoms. The lowest BCUT2D eigenvalue weighted by molar-refractivity contribution is 0.416. The number of ether oxygens (including phenoxy) is 1. The molecule has 1 unspecified atom stereocenters. The number of aromatic nitrogens is 2. The van der Waals surface area contributed by atoms with E-state index in [1.54, 1.807) is 7.11 Å². The smallest absolute Gasteiger partial charge is 0.133 e. The van der Waals surface area contributed by atoms with Gasteiger partial charge in [0.05, 0.1) is 12.8 Å². The predicted octanol–water partition coefficient (Wildman–Crippen LogP) is 2.54. The lowest BCUT2D eigenvalue weighted by Gasteiger charge is -2.11. The van der Waals surface area contributed by atoms with Gasteiger partial charge in [0.25, 0.3) is 0 Å². The minimum absolute atomic E-state index is 0.422. The molecule has 1 aliphatic rings. The standard InChI is InChI=1S/C16H19N3O/c1-11-3-4-15(20-2)13(9-11)14-6-8-18-16(19-14)12-5-7-17-10-12/h3-4,6,8-9,12,17H,5,7,10H2,1-2H3. The molecule has 0 aliphatic carbocycles. The molecule has 1 atom stereocenters. The summed E-state index contributed by atoms with van der Waals surface area (Å²) in [7, 11) is 1.69. The van der Waals surface area contributed by atoms with Gasteiger partial charge in [-0.3, -0.25) is 0 Å². The molecule has 1 N–H and O–H groups in total. The van der Waals surface area contributed by atoms with E-state index >= 15 is 0 Å². The fourth-order valence-corrected chi connectivity index (χ4v) is 2.62. The molecule has 4 heteroatoms. The van der Waals surface area contributed by atoms with Crippen molar-refractivity contribution in [3.8, 4) is 17.0 Å². The summed E-state index contributed by atoms with van der Waals surface area (Å²) < 4.78 is 5.45. The van der Waals surface area contributed by atoms with E-state index < -0.39 is 0 Å². The van der Waals surface area contributed by atoms with Crippen molar-refractivity contribution < 1.29 is 4.74 Å². The van der Waals surface area contributed by atoms with E-state index in [1.807, 2.05) is 24.4 Å². The third-order valence-corrected chi connectivity index (χ3v) is 3.73. The third kappa shape index (κ3) is 2.51. The predicted molar refractivity (Wildman–Crippen MR) is 79.0 cm³/mol. The van der Waals surface area contributed by atoms with Crippen LogP contribution in [0.15, 0.2) is 30.5 Å². The van der Waals surface area contributed by atoms with Gasteiger partial charge in [0, 0.05) is 24.2 Å². The molecular formula is C16H19N3O. The molecule has 3 rings (SSSR count). The van der Waals surface area contributed by atoms with Gasteiger partial charge in [-0.1, -0.05) is 11.6 Å². The van der Waals surface area contributed by atoms with Gasteiger partial charge in [0.15, 0.2) is 0 Å². The van der Waals surface area contributed by atoms with Crippen LogP contribution in [-0.2, 0) is 0 Å². The quantitative estimate of drug-likeness (QED) is 0.930. The van der Waals surface area contributed by atoms with Crippen LogP contribution in [0.2, 0.25) is 0 Å². The Hall–Kier alpha value is -1.94. The minimum atomic E-state index is 0.422. The highest BCUT2D eigenvalue weighted by atomic mass is 16.5. The highest BCUT2D eigenvalue weighted by Gasteiger charge is 2.20. The first-order chi connectivity index (χ1) is 9.78. The van der Waals surface area contributed by atoms with Gasteiger partial charge in [-0.05, 0) is 38.1 Å². The number of hydrogen-bond acceptors (Lipinski definition) is 4. The lowest BCUT2D eigenvalue weighted by atomic mass is 10.1. The number of nitrogens with zero attached hydrogens (tertiary/aromatic N) is 2. The zero-order chi connectivity index (χ0) is 13.9. The van der Waals surface area contributed by atoms with Crippen LogP contribution in [0.3, 0.4) is 0 Å². The van der Waals surface area contributed by atoms with Crippen molar-refractivity contribution in [1.29, 1.82) is 0 Å². The van der Waals surface area contributed by atoms with Crippen molar-refractivity contribution in [1.82, 2.24) is 15.3 Å². The van der Waals surface area contributed by atoms with E-state index in [2.05, 4.69) is 23.3 Å². The van der Waals surface area contributed by atoms with Crippen LogP contribution in [0, 0.1) is 6.92 Å². The van der Waals surface area contributed by atoms with E-state index in [9.17, 15) is 0 Å². The fraction of sp³-hybridized carbons (Fsp3) is 0.375. The van der Waals surface area contributed by atoms with E-state index in [1.165, 1.54) is 5.56 Å². The topological polar surface area (TPSA) is 47.0 Å². The number of hydrogen-bond donors (Lipinski definition) is 1. The molecule has 1 aromatic heterocycles. The Morgan fingerprint density at radius 3 is 2.95 bits per heavy atom. The molecule has 1 saturated heterocycles. The van der Waals surface area contributed by atoms with Crippen LogP contribution in [0.5, 0.6) is 5.75 Å². The molecule has 0 bridgehead atoms. The monoisotopic (exact) mass is 269 g/mol. The van der Waals surface area contributed by atoms with Gasteiger partial charge in [0.2, 0.25) is 0 Å². The van der Waals surface area contributed by atoms with Crippen molar-refractivity contribution in [3.63, 3.8) is 0 Å². The number of methoxy groups -OCH3 is 1. The molecule has 0 saturated carbocycles. The summed E-state index contributed by atoms with van der Waals surface area (Å²) in [5, 5.41) is 3.36. The van der Waals surface area contributed by atoms with Crippen LogP contribution in [0.1, 0.15) is 23.7 Å². The van der Waals surface area contributed by atoms with Crippen molar-refractivity contribution in [3.05, 3.63) is 41.9 Å². The Balaban J connectivity index is 2.01. The molecule has 104 valence electrons. The average molecular weight is 269 g/mol. The number of aryl methyl sites for hydroxylation is 1. The maximum absolute atomic E-state index is 5.45. The Morgan fingerprint density at radius 2 is 2.20 bits per heavy atom. The van der Waals surface area contributed by atoms with Crippen molar-refractivity contribution >= 4 is 0 Å². The lowest BCUT2D eigenvalue weighted by Crippen LogP contribution is -2.10. The van der Waals surface area contributed by atoms with E-state index in [0.717, 1.165) is 42.3 Å². The first kappa shape index (κ1) is 13.1. The zero-order valence-electron chi connectivity index (χ0n) is 11.9. The molecule has 4 nitrogen and oxygen atoms in total. The molecule has 0 amide bonds. The molecule has 2 aromatic rings. The molecule has 1 aliphatic heterocycles. The first-order valence-electron chi connectivity index (χ1n) is 6.96. The Kier molecular flexibility index (Phi) is 3.65. The van der Waals surface area contributed by atoms with Gasteiger partial charge in [-0.15, -0.1) is 0 Å². The van der Waals surface area contributed by atoms with Crippen molar-refractivity contribution in [2.24, 2.45) is 0 Å². The van der Waals surface area contributed by atoms with Gasteiger partial charge in [-0.25, -0.2) is 9.97 Å². The number of rotatable bonds is 3. The van der Waals surface area contributed by atoms with Crippen LogP contribution in [-0.4, -0.2) is 30.2 Å². The average Bonchev–Trinajstić information content (AvgIpc) is 3.01. The van der Waals surface area contributed by atoms with Crippen LogP contribution in [0.25, 0.3) is 11.3 Å². The maximum Gasteiger partial charge on any atom is 0.133 e. The minimum Gasteiger partial charge on any atom is -0.496 e. The highest BCUT2D eigenvalue weighted by Crippen LogP contribution is 2.30. The second kappa shape index (κ2) is 5.59. The van der Waals surface area contributed by atoms with E-state index in [4.69, 9.17) is 9.72 Å². The number of nitrogens with one attached hydrogen (secondary N) is 1. The van der Waals surface area contributed by atoms with Crippen LogP contribution in [0.4, 0.5) is 0 Å². The molecular weight excluding hydrogens is 250 g/mol. The Morgan fingerprint density at radius 1 is 1.30 bits per heavy atom. The van der Waals surface area contributed by atoms with Gasteiger partial charge < -0.3 is 10.1 Å². The summed E-state index contributed by atoms with van der Waals surface area (Å²) >= 11 is 0. The van der Waals surface area contributed by atoms with Crippen LogP contribution < -0.4 is 10.1 Å². The fourth-order valence-electron chi connectivity index (χ4n) is 2.62. The van der Waals surface area contributed by atoms with Gasteiger partial charge in [0.1, 0.15) is 11.6 Å². The second-order valence-electron chi connectivity index (χ2n) is 5.19. The second-order valence-corrected chi connectivity index (χ2v) is 5.19. The molecule has 0 radical (unpaired) electrons.